The zero-order chi connectivity index (χ0) is 13.1. The van der Waals surface area contributed by atoms with E-state index >= 15 is 0 Å². The lowest BCUT2D eigenvalue weighted by Crippen LogP contribution is -2.24. The molecule has 0 radical (unpaired) electrons. The Labute approximate surface area is 103 Å². The van der Waals surface area contributed by atoms with Gasteiger partial charge in [0.2, 0.25) is 0 Å². The van der Waals surface area contributed by atoms with Crippen LogP contribution >= 0.6 is 0 Å². The molecule has 0 amide bonds. The van der Waals surface area contributed by atoms with Gasteiger partial charge in [-0.1, -0.05) is 19.4 Å². The predicted octanol–water partition coefficient (Wildman–Crippen LogP) is 3.18. The number of nitrogens with two attached hydrogens (primary N) is 1. The average Bonchev–Trinajstić information content (AvgIpc) is 2.18. The number of anilines is 1. The molecule has 0 aliphatic rings. The van der Waals surface area contributed by atoms with E-state index in [9.17, 15) is 4.79 Å². The van der Waals surface area contributed by atoms with Crippen molar-refractivity contribution in [2.75, 3.05) is 5.73 Å². The number of ether oxygens (including phenoxy) is 1. The van der Waals surface area contributed by atoms with Crippen molar-refractivity contribution in [2.24, 2.45) is 0 Å². The van der Waals surface area contributed by atoms with Crippen LogP contribution in [-0.4, -0.2) is 11.6 Å². The average molecular weight is 235 g/mol. The maximum absolute atomic E-state index is 11.8. The second-order valence-corrected chi connectivity index (χ2v) is 5.17. The van der Waals surface area contributed by atoms with Gasteiger partial charge in [0, 0.05) is 5.69 Å². The van der Waals surface area contributed by atoms with Crippen LogP contribution in [0.25, 0.3) is 0 Å². The van der Waals surface area contributed by atoms with Gasteiger partial charge in [0.1, 0.15) is 5.60 Å². The van der Waals surface area contributed by atoms with Crippen LogP contribution in [0.2, 0.25) is 0 Å². The Balaban J connectivity index is 2.86. The summed E-state index contributed by atoms with van der Waals surface area (Å²) in [6, 6.07) is 5.37. The van der Waals surface area contributed by atoms with Gasteiger partial charge in [-0.3, -0.25) is 0 Å². The summed E-state index contributed by atoms with van der Waals surface area (Å²) < 4.78 is 5.28. The second-order valence-electron chi connectivity index (χ2n) is 5.17. The largest absolute Gasteiger partial charge is 0.456 e. The van der Waals surface area contributed by atoms with Gasteiger partial charge < -0.3 is 10.5 Å². The van der Waals surface area contributed by atoms with E-state index < -0.39 is 5.60 Å². The summed E-state index contributed by atoms with van der Waals surface area (Å²) in [5.41, 5.74) is 7.68. The third-order valence-electron chi connectivity index (χ3n) is 2.30. The van der Waals surface area contributed by atoms with Crippen LogP contribution in [0.3, 0.4) is 0 Å². The molecule has 94 valence electrons. The van der Waals surface area contributed by atoms with Gasteiger partial charge in [-0.15, -0.1) is 0 Å². The Morgan fingerprint density at radius 1 is 1.35 bits per heavy atom. The molecule has 0 bridgehead atoms. The van der Waals surface area contributed by atoms with Crippen molar-refractivity contribution in [3.05, 3.63) is 29.3 Å². The maximum Gasteiger partial charge on any atom is 0.338 e. The van der Waals surface area contributed by atoms with E-state index in [0.717, 1.165) is 18.4 Å². The van der Waals surface area contributed by atoms with Crippen LogP contribution < -0.4 is 5.73 Å². The molecule has 0 atom stereocenters. The molecule has 1 aromatic rings. The minimum Gasteiger partial charge on any atom is -0.456 e. The van der Waals surface area contributed by atoms with Gasteiger partial charge >= 0.3 is 5.97 Å². The molecular weight excluding hydrogens is 214 g/mol. The quantitative estimate of drug-likeness (QED) is 0.646. The summed E-state index contributed by atoms with van der Waals surface area (Å²) in [5.74, 6) is -0.327. The van der Waals surface area contributed by atoms with Crippen LogP contribution in [0.4, 0.5) is 5.69 Å². The second kappa shape index (κ2) is 5.21. The molecule has 0 saturated heterocycles. The molecule has 0 aliphatic carbocycles. The van der Waals surface area contributed by atoms with Crippen molar-refractivity contribution in [1.82, 2.24) is 0 Å². The van der Waals surface area contributed by atoms with Crippen molar-refractivity contribution in [3.63, 3.8) is 0 Å². The first-order chi connectivity index (χ1) is 7.83. The molecule has 0 saturated carbocycles. The van der Waals surface area contributed by atoms with Crippen molar-refractivity contribution < 1.29 is 9.53 Å². The van der Waals surface area contributed by atoms with Crippen molar-refractivity contribution in [2.45, 2.75) is 46.1 Å². The molecule has 0 unspecified atom stereocenters. The van der Waals surface area contributed by atoms with E-state index in [1.54, 1.807) is 12.1 Å². The fourth-order valence-electron chi connectivity index (χ4n) is 1.56. The van der Waals surface area contributed by atoms with E-state index in [4.69, 9.17) is 10.5 Å². The van der Waals surface area contributed by atoms with Crippen LogP contribution in [0.1, 0.15) is 50.0 Å². The lowest BCUT2D eigenvalue weighted by molar-refractivity contribution is 0.00696. The van der Waals surface area contributed by atoms with E-state index in [2.05, 4.69) is 6.92 Å². The minimum absolute atomic E-state index is 0.327. The van der Waals surface area contributed by atoms with E-state index in [1.165, 1.54) is 0 Å². The number of hydrogen-bond acceptors (Lipinski definition) is 3. The van der Waals surface area contributed by atoms with Crippen LogP contribution in [0.15, 0.2) is 18.2 Å². The lowest BCUT2D eigenvalue weighted by Gasteiger charge is -2.19. The van der Waals surface area contributed by atoms with Crippen molar-refractivity contribution >= 4 is 11.7 Å². The summed E-state index contributed by atoms with van der Waals surface area (Å²) in [6.07, 6.45) is 1.97. The van der Waals surface area contributed by atoms with Crippen LogP contribution in [0.5, 0.6) is 0 Å². The fraction of sp³-hybridized carbons (Fsp3) is 0.500. The van der Waals surface area contributed by atoms with Gasteiger partial charge in [0.15, 0.2) is 0 Å². The normalized spacial score (nSPS) is 11.3. The Hall–Kier alpha value is -1.51. The molecule has 0 aromatic heterocycles. The summed E-state index contributed by atoms with van der Waals surface area (Å²) in [6.45, 7) is 7.64. The highest BCUT2D eigenvalue weighted by atomic mass is 16.6. The Kier molecular flexibility index (Phi) is 4.16. The summed E-state index contributed by atoms with van der Waals surface area (Å²) in [7, 11) is 0. The first-order valence-corrected chi connectivity index (χ1v) is 5.95. The standard InChI is InChI=1S/C14H21NO2/c1-5-6-10-7-8-11(9-12(10)15)13(16)17-14(2,3)4/h7-9H,5-6,15H2,1-4H3. The van der Waals surface area contributed by atoms with E-state index in [-0.39, 0.29) is 5.97 Å². The number of aryl methyl sites for hydroxylation is 1. The molecule has 1 aromatic carbocycles. The third kappa shape index (κ3) is 4.10. The van der Waals surface area contributed by atoms with Crippen LogP contribution in [-0.2, 0) is 11.2 Å². The van der Waals surface area contributed by atoms with E-state index in [1.807, 2.05) is 26.8 Å². The molecule has 17 heavy (non-hydrogen) atoms. The van der Waals surface area contributed by atoms with Gasteiger partial charge in [0.25, 0.3) is 0 Å². The molecule has 0 spiro atoms. The zero-order valence-corrected chi connectivity index (χ0v) is 11.0. The molecule has 0 heterocycles. The molecule has 3 heteroatoms. The number of benzene rings is 1. The smallest absolute Gasteiger partial charge is 0.338 e. The third-order valence-corrected chi connectivity index (χ3v) is 2.30. The monoisotopic (exact) mass is 235 g/mol. The van der Waals surface area contributed by atoms with E-state index in [0.29, 0.717) is 11.3 Å². The number of carbonyl (C=O) groups excluding carboxylic acids is 1. The number of rotatable bonds is 3. The number of nitrogen functional groups attached to an aromatic ring is 1. The fourth-order valence-corrected chi connectivity index (χ4v) is 1.56. The first kappa shape index (κ1) is 13.6. The summed E-state index contributed by atoms with van der Waals surface area (Å²) >= 11 is 0. The summed E-state index contributed by atoms with van der Waals surface area (Å²) in [4.78, 5) is 11.8. The van der Waals surface area contributed by atoms with Crippen molar-refractivity contribution in [1.29, 1.82) is 0 Å². The van der Waals surface area contributed by atoms with Crippen LogP contribution in [0, 0.1) is 0 Å². The van der Waals surface area contributed by atoms with Gasteiger partial charge in [0.05, 0.1) is 5.56 Å². The number of carbonyl (C=O) groups is 1. The zero-order valence-electron chi connectivity index (χ0n) is 11.0. The predicted molar refractivity (Wildman–Crippen MR) is 70.0 cm³/mol. The first-order valence-electron chi connectivity index (χ1n) is 5.95. The summed E-state index contributed by atoms with van der Waals surface area (Å²) in [5, 5.41) is 0. The van der Waals surface area contributed by atoms with Gasteiger partial charge in [-0.2, -0.15) is 0 Å². The highest BCUT2D eigenvalue weighted by molar-refractivity contribution is 5.91. The highest BCUT2D eigenvalue weighted by Crippen LogP contribution is 2.18. The van der Waals surface area contributed by atoms with Gasteiger partial charge in [-0.25, -0.2) is 4.79 Å². The molecule has 0 aliphatic heterocycles. The Bertz CT molecular complexity index is 405. The molecule has 0 fully saturated rings. The Morgan fingerprint density at radius 2 is 2.00 bits per heavy atom. The SMILES string of the molecule is CCCc1ccc(C(=O)OC(C)(C)C)cc1N. The number of hydrogen-bond donors (Lipinski definition) is 1. The topological polar surface area (TPSA) is 52.3 Å². The molecule has 3 nitrogen and oxygen atoms in total. The highest BCUT2D eigenvalue weighted by Gasteiger charge is 2.18. The molecule has 2 N–H and O–H groups in total. The maximum atomic E-state index is 11.8. The van der Waals surface area contributed by atoms with Crippen molar-refractivity contribution in [3.8, 4) is 0 Å². The number of esters is 1. The molecule has 1 rings (SSSR count). The molecular formula is C14H21NO2. The minimum atomic E-state index is -0.478. The lowest BCUT2D eigenvalue weighted by atomic mass is 10.1. The Morgan fingerprint density at radius 3 is 2.47 bits per heavy atom. The van der Waals surface area contributed by atoms with Gasteiger partial charge in [-0.05, 0) is 44.9 Å².